The zero-order valence-electron chi connectivity index (χ0n) is 33.6. The Hall–Kier alpha value is 1.34. The highest BCUT2D eigenvalue weighted by molar-refractivity contribution is 6.88. The Labute approximate surface area is 294 Å². The molecule has 1 saturated heterocycles. The third kappa shape index (κ3) is 28.1. The highest BCUT2D eigenvalue weighted by Gasteiger charge is 2.41. The molecule has 1 heterocycles. The Kier molecular flexibility index (Phi) is 20.7. The normalized spacial score (nSPS) is 20.8. The fourth-order valence-corrected chi connectivity index (χ4v) is 41.1. The van der Waals surface area contributed by atoms with Gasteiger partial charge in [-0.25, -0.2) is 0 Å². The lowest BCUT2D eigenvalue weighted by Crippen LogP contribution is -2.53. The van der Waals surface area contributed by atoms with Gasteiger partial charge in [-0.15, -0.1) is 0 Å². The van der Waals surface area contributed by atoms with Crippen LogP contribution < -0.4 is 16.4 Å². The van der Waals surface area contributed by atoms with E-state index in [1.165, 1.54) is 6.04 Å². The summed E-state index contributed by atoms with van der Waals surface area (Å²) in [4.78, 5) is 22.7. The lowest BCUT2D eigenvalue weighted by atomic mass is 10.2. The van der Waals surface area contributed by atoms with Crippen LogP contribution in [0.2, 0.25) is 123 Å². The second kappa shape index (κ2) is 19.3. The Bertz CT molecular complexity index is 825. The van der Waals surface area contributed by atoms with Crippen LogP contribution in [0.1, 0.15) is 20.8 Å². The molecule has 3 unspecified atom stereocenters. The summed E-state index contributed by atoms with van der Waals surface area (Å²) in [5.41, 5.74) is 11.5. The van der Waals surface area contributed by atoms with Crippen molar-refractivity contribution in [2.75, 3.05) is 19.6 Å². The van der Waals surface area contributed by atoms with Crippen molar-refractivity contribution in [3.05, 3.63) is 0 Å². The third-order valence-electron chi connectivity index (χ3n) is 6.77. The van der Waals surface area contributed by atoms with Gasteiger partial charge in [0.15, 0.2) is 25.0 Å². The molecule has 0 aromatic rings. The molecule has 0 amide bonds. The van der Waals surface area contributed by atoms with Gasteiger partial charge >= 0.3 is 34.2 Å². The summed E-state index contributed by atoms with van der Waals surface area (Å²) in [6.45, 7) is 42.5. The number of nitrogens with one attached hydrogen (secondary N) is 1. The van der Waals surface area contributed by atoms with E-state index in [2.05, 4.69) is 91.2 Å². The molecule has 280 valence electrons. The van der Waals surface area contributed by atoms with Crippen molar-refractivity contribution in [1.29, 1.82) is 0 Å². The molecule has 0 radical (unpaired) electrons. The standard InChI is InChI=1S/C14H38N2O2Si3.C8H21NOSi2.C6H20O4Si3/c1-13(9-15)11-19(3,4)17-21(7,8)18-20(5,6)12-14(2)10-16;1-8-6-9-12(4,5)10-11(2,3)7-8;1-11(2,7)9-13(5,6)10-12(3,4)8/h13-14H,9-12,15-16H2,1-8H3;8-9H,6-7H2,1-5H3;7-8H,1-6H3. The molecule has 0 spiro atoms. The van der Waals surface area contributed by atoms with Crippen molar-refractivity contribution in [3.8, 4) is 0 Å². The van der Waals surface area contributed by atoms with Crippen molar-refractivity contribution < 1.29 is 30.2 Å². The number of nitrogens with two attached hydrogens (primary N) is 2. The van der Waals surface area contributed by atoms with Crippen LogP contribution in [0, 0.1) is 17.8 Å². The highest BCUT2D eigenvalue weighted by Crippen LogP contribution is 2.28. The highest BCUT2D eigenvalue weighted by atomic mass is 28.5. The Morgan fingerprint density at radius 1 is 0.696 bits per heavy atom. The van der Waals surface area contributed by atoms with E-state index in [0.717, 1.165) is 37.6 Å². The maximum absolute atomic E-state index is 9.56. The summed E-state index contributed by atoms with van der Waals surface area (Å²) >= 11 is 0. The van der Waals surface area contributed by atoms with Crippen LogP contribution in [0.5, 0.6) is 0 Å². The Balaban J connectivity index is 0. The van der Waals surface area contributed by atoms with E-state index < -0.39 is 67.7 Å². The quantitative estimate of drug-likeness (QED) is 0.122. The zero-order valence-corrected chi connectivity index (χ0v) is 41.6. The Morgan fingerprint density at radius 3 is 1.33 bits per heavy atom. The van der Waals surface area contributed by atoms with E-state index in [0.29, 0.717) is 11.8 Å². The fraction of sp³-hybridized carbons (Fsp3) is 1.00. The van der Waals surface area contributed by atoms with Crippen LogP contribution in [0.25, 0.3) is 0 Å². The molecule has 1 aliphatic heterocycles. The van der Waals surface area contributed by atoms with Crippen LogP contribution in [0.4, 0.5) is 0 Å². The second-order valence-electron chi connectivity index (χ2n) is 17.8. The minimum atomic E-state index is -2.54. The van der Waals surface area contributed by atoms with Crippen LogP contribution in [0.15, 0.2) is 0 Å². The monoisotopic (exact) mass is 793 g/mol. The maximum Gasteiger partial charge on any atom is 0.320 e. The van der Waals surface area contributed by atoms with Crippen molar-refractivity contribution in [2.24, 2.45) is 29.2 Å². The predicted molar refractivity (Wildman–Crippen MR) is 218 cm³/mol. The van der Waals surface area contributed by atoms with E-state index in [9.17, 15) is 9.59 Å². The summed E-state index contributed by atoms with van der Waals surface area (Å²) < 4.78 is 30.3. The van der Waals surface area contributed by atoms with Gasteiger partial charge in [-0.05, 0) is 160 Å². The molecular weight excluding hydrogens is 715 g/mol. The maximum atomic E-state index is 9.56. The van der Waals surface area contributed by atoms with E-state index in [4.69, 9.17) is 32.0 Å². The first-order valence-electron chi connectivity index (χ1n) is 17.2. The molecule has 1 aliphatic rings. The second-order valence-corrected chi connectivity index (χ2v) is 48.4. The zero-order chi connectivity index (χ0) is 37.2. The van der Waals surface area contributed by atoms with Gasteiger partial charge in [-0.1, -0.05) is 20.8 Å². The average molecular weight is 795 g/mol. The first-order valence-corrected chi connectivity index (χ1v) is 40.7. The number of hydrogen-bond donors (Lipinski definition) is 5. The van der Waals surface area contributed by atoms with Gasteiger partial charge < -0.3 is 46.6 Å². The summed E-state index contributed by atoms with van der Waals surface area (Å²) in [6.07, 6.45) is 0. The molecule has 18 heteroatoms. The smallest absolute Gasteiger partial charge is 0.320 e. The summed E-state index contributed by atoms with van der Waals surface area (Å²) in [5.74, 6) is 1.85. The van der Waals surface area contributed by atoms with Crippen LogP contribution in [0.3, 0.4) is 0 Å². The van der Waals surface area contributed by atoms with E-state index in [1.807, 2.05) is 13.1 Å². The van der Waals surface area contributed by atoms with Gasteiger partial charge in [0.2, 0.25) is 0 Å². The molecule has 0 aromatic heterocycles. The number of hydrogen-bond acceptors (Lipinski definition) is 10. The van der Waals surface area contributed by atoms with Gasteiger partial charge in [-0.2, -0.15) is 0 Å². The predicted octanol–water partition coefficient (Wildman–Crippen LogP) is 6.58. The minimum Gasteiger partial charge on any atom is -0.445 e. The van der Waals surface area contributed by atoms with E-state index in [-0.39, 0.29) is 0 Å². The molecule has 7 N–H and O–H groups in total. The van der Waals surface area contributed by atoms with E-state index in [1.54, 1.807) is 26.2 Å². The van der Waals surface area contributed by atoms with Crippen molar-refractivity contribution in [2.45, 2.75) is 144 Å². The lowest BCUT2D eigenvalue weighted by Gasteiger charge is -2.40. The molecule has 0 aromatic carbocycles. The molecule has 1 fully saturated rings. The summed E-state index contributed by atoms with van der Waals surface area (Å²) in [5, 5.41) is 0. The summed E-state index contributed by atoms with van der Waals surface area (Å²) in [6, 6.07) is 3.51. The fourth-order valence-electron chi connectivity index (χ4n) is 6.60. The molecule has 0 saturated carbocycles. The molecular formula is C28H79N3O7Si8. The van der Waals surface area contributed by atoms with Gasteiger partial charge in [0.1, 0.15) is 0 Å². The van der Waals surface area contributed by atoms with E-state index >= 15 is 0 Å². The largest absolute Gasteiger partial charge is 0.445 e. The van der Waals surface area contributed by atoms with Crippen molar-refractivity contribution >= 4 is 67.7 Å². The SMILES string of the molecule is CC(CN)C[Si](C)(C)O[Si](C)(C)O[Si](C)(C)CC(C)CN.CC1CN[Si](C)(C)O[Si](C)(C)C1.C[Si](C)(O)O[Si](C)(C)O[Si](C)(C)O. The molecule has 1 rings (SSSR count). The van der Waals surface area contributed by atoms with Crippen molar-refractivity contribution in [3.63, 3.8) is 0 Å². The van der Waals surface area contributed by atoms with Gasteiger partial charge in [-0.3, -0.25) is 0 Å². The Morgan fingerprint density at radius 2 is 1.02 bits per heavy atom. The lowest BCUT2D eigenvalue weighted by molar-refractivity contribution is 0.294. The molecule has 46 heavy (non-hydrogen) atoms. The molecule has 0 aliphatic carbocycles. The average Bonchev–Trinajstić information content (AvgIpc) is 2.81. The topological polar surface area (TPSA) is 151 Å². The van der Waals surface area contributed by atoms with Crippen LogP contribution in [-0.4, -0.2) is 96.9 Å². The number of rotatable bonds is 14. The van der Waals surface area contributed by atoms with Crippen LogP contribution >= 0.6 is 0 Å². The van der Waals surface area contributed by atoms with Gasteiger partial charge in [0.05, 0.1) is 0 Å². The first-order chi connectivity index (χ1) is 20.0. The minimum absolute atomic E-state index is 0.527. The van der Waals surface area contributed by atoms with Crippen LogP contribution in [-0.2, 0) is 20.6 Å². The molecule has 3 atom stereocenters. The first kappa shape index (κ1) is 49.4. The van der Waals surface area contributed by atoms with Gasteiger partial charge in [0.25, 0.3) is 8.48 Å². The van der Waals surface area contributed by atoms with Crippen molar-refractivity contribution in [1.82, 2.24) is 4.98 Å². The third-order valence-corrected chi connectivity index (χ3v) is 33.4. The molecule has 0 bridgehead atoms. The van der Waals surface area contributed by atoms with Gasteiger partial charge in [0, 0.05) is 0 Å². The molecule has 10 nitrogen and oxygen atoms in total. The summed E-state index contributed by atoms with van der Waals surface area (Å²) in [7, 11) is -15.8.